The third kappa shape index (κ3) is 43.6. The molecule has 0 spiro atoms. The molecule has 1 unspecified atom stereocenters. The van der Waals surface area contributed by atoms with Crippen molar-refractivity contribution in [3.05, 3.63) is 0 Å². The Morgan fingerprint density at radius 2 is 0.746 bits per heavy atom. The standard InChI is InChI=1S/C37H72N4O17S/c1-38-5-8-48-10-12-50-14-16-52-18-20-54-22-24-56-26-28-58-30-29-57-27-25-55-23-21-53-19-17-51-15-13-49-11-9-47-7-3-35(43)39-4-2-34(42)41-32-33(37(45)46)36(44)40-6-31-59/h33,38,59H,2-32H2,1H3,(H,39,43)(H,40,44)(H,41,42)(H,45,46). The van der Waals surface area contributed by atoms with Crippen LogP contribution in [0.25, 0.3) is 0 Å². The van der Waals surface area contributed by atoms with Gasteiger partial charge in [0.25, 0.3) is 0 Å². The van der Waals surface area contributed by atoms with E-state index in [2.05, 4.69) is 33.9 Å². The van der Waals surface area contributed by atoms with Crippen molar-refractivity contribution < 1.29 is 81.1 Å². The zero-order valence-electron chi connectivity index (χ0n) is 34.9. The molecule has 0 heterocycles. The molecule has 22 heteroatoms. The number of ether oxygens (including phenoxy) is 12. The number of likely N-dealkylation sites (N-methyl/N-ethyl adjacent to an activating group) is 1. The number of rotatable bonds is 48. The second-order valence-corrected chi connectivity index (χ2v) is 12.5. The first-order valence-electron chi connectivity index (χ1n) is 20.1. The lowest BCUT2D eigenvalue weighted by Crippen LogP contribution is -2.43. The summed E-state index contributed by atoms with van der Waals surface area (Å²) in [4.78, 5) is 47.0. The smallest absolute Gasteiger partial charge is 0.317 e. The number of carbonyl (C=O) groups excluding carboxylic acids is 3. The van der Waals surface area contributed by atoms with Crippen LogP contribution < -0.4 is 21.3 Å². The molecule has 0 fully saturated rings. The molecule has 0 aliphatic rings. The van der Waals surface area contributed by atoms with Crippen LogP contribution >= 0.6 is 12.6 Å². The quantitative estimate of drug-likeness (QED) is 0.0224. The molecule has 21 nitrogen and oxygen atoms in total. The summed E-state index contributed by atoms with van der Waals surface area (Å²) in [5.74, 6) is -3.89. The molecule has 0 aromatic carbocycles. The van der Waals surface area contributed by atoms with Crippen LogP contribution in [0.4, 0.5) is 0 Å². The van der Waals surface area contributed by atoms with Crippen molar-refractivity contribution in [2.24, 2.45) is 5.92 Å². The van der Waals surface area contributed by atoms with Gasteiger partial charge in [0.15, 0.2) is 5.92 Å². The summed E-state index contributed by atoms with van der Waals surface area (Å²) >= 11 is 3.94. The summed E-state index contributed by atoms with van der Waals surface area (Å²) in [6, 6.07) is 0. The Kier molecular flexibility index (Phi) is 45.0. The van der Waals surface area contributed by atoms with Gasteiger partial charge in [-0.15, -0.1) is 0 Å². The second kappa shape index (κ2) is 46.8. The van der Waals surface area contributed by atoms with Gasteiger partial charge in [-0.1, -0.05) is 0 Å². The molecule has 0 saturated heterocycles. The lowest BCUT2D eigenvalue weighted by molar-refractivity contribution is -0.146. The first-order valence-corrected chi connectivity index (χ1v) is 20.8. The first-order chi connectivity index (χ1) is 28.9. The molecule has 0 aliphatic carbocycles. The molecule has 0 aromatic rings. The Labute approximate surface area is 354 Å². The number of nitrogens with one attached hydrogen (secondary N) is 4. The van der Waals surface area contributed by atoms with E-state index >= 15 is 0 Å². The molecule has 0 saturated carbocycles. The largest absolute Gasteiger partial charge is 0.481 e. The highest BCUT2D eigenvalue weighted by Gasteiger charge is 2.26. The van der Waals surface area contributed by atoms with E-state index in [-0.39, 0.29) is 45.0 Å². The van der Waals surface area contributed by atoms with Crippen molar-refractivity contribution in [1.29, 1.82) is 0 Å². The summed E-state index contributed by atoms with van der Waals surface area (Å²) in [7, 11) is 1.89. The van der Waals surface area contributed by atoms with Gasteiger partial charge in [0.1, 0.15) is 0 Å². The average molecular weight is 877 g/mol. The maximum absolute atomic E-state index is 11.9. The maximum atomic E-state index is 11.9. The van der Waals surface area contributed by atoms with Crippen LogP contribution in [0.5, 0.6) is 0 Å². The SMILES string of the molecule is CNCCOCCOCCOCCOCCOCCOCCOCCOCCOCCOCCOCCOCCC(=O)NCCC(=O)NCC(C(=O)O)C(=O)NCCS. The Morgan fingerprint density at radius 1 is 0.424 bits per heavy atom. The predicted octanol–water partition coefficient (Wildman–Crippen LogP) is -1.84. The van der Waals surface area contributed by atoms with Crippen molar-refractivity contribution in [1.82, 2.24) is 21.3 Å². The number of amides is 3. The molecule has 0 aromatic heterocycles. The number of carboxylic acid groups (broad SMARTS) is 1. The molecule has 0 aliphatic heterocycles. The number of hydrogen-bond acceptors (Lipinski definition) is 18. The van der Waals surface area contributed by atoms with Crippen LogP contribution in [0.3, 0.4) is 0 Å². The highest BCUT2D eigenvalue weighted by Crippen LogP contribution is 1.97. The zero-order chi connectivity index (χ0) is 43.1. The fourth-order valence-corrected chi connectivity index (χ4v) is 4.27. The van der Waals surface area contributed by atoms with Gasteiger partial charge in [0.05, 0.1) is 159 Å². The minimum absolute atomic E-state index is 0.0610. The molecule has 3 amide bonds. The van der Waals surface area contributed by atoms with Gasteiger partial charge in [0.2, 0.25) is 17.7 Å². The van der Waals surface area contributed by atoms with E-state index in [0.717, 1.165) is 6.54 Å². The topological polar surface area (TPSA) is 247 Å². The molecular weight excluding hydrogens is 804 g/mol. The van der Waals surface area contributed by atoms with Crippen molar-refractivity contribution in [2.75, 3.05) is 198 Å². The van der Waals surface area contributed by atoms with Gasteiger partial charge in [-0.25, -0.2) is 0 Å². The van der Waals surface area contributed by atoms with Crippen molar-refractivity contribution >= 4 is 36.3 Å². The van der Waals surface area contributed by atoms with Gasteiger partial charge in [-0.3, -0.25) is 19.2 Å². The summed E-state index contributed by atoms with van der Waals surface area (Å²) in [5.41, 5.74) is 0. The summed E-state index contributed by atoms with van der Waals surface area (Å²) in [6.45, 7) is 11.9. The van der Waals surface area contributed by atoms with E-state index in [4.69, 9.17) is 56.8 Å². The number of aliphatic carboxylic acids is 1. The Morgan fingerprint density at radius 3 is 1.07 bits per heavy atom. The lowest BCUT2D eigenvalue weighted by Gasteiger charge is -2.13. The first kappa shape index (κ1) is 56.7. The number of carboxylic acids is 1. The molecule has 1 atom stereocenters. The van der Waals surface area contributed by atoms with E-state index < -0.39 is 23.7 Å². The van der Waals surface area contributed by atoms with E-state index in [0.29, 0.717) is 158 Å². The molecule has 348 valence electrons. The molecule has 0 radical (unpaired) electrons. The van der Waals surface area contributed by atoms with Gasteiger partial charge in [0, 0.05) is 44.8 Å². The monoisotopic (exact) mass is 876 g/mol. The molecule has 5 N–H and O–H groups in total. The summed E-state index contributed by atoms with van der Waals surface area (Å²) in [6.07, 6.45) is 0.0385. The molecule has 0 bridgehead atoms. The van der Waals surface area contributed by atoms with Crippen LogP contribution in [0, 0.1) is 5.92 Å². The third-order valence-electron chi connectivity index (χ3n) is 7.27. The third-order valence-corrected chi connectivity index (χ3v) is 7.49. The van der Waals surface area contributed by atoms with Crippen LogP contribution in [0.15, 0.2) is 0 Å². The summed E-state index contributed by atoms with van der Waals surface area (Å²) in [5, 5.41) is 19.6. The van der Waals surface area contributed by atoms with Crippen molar-refractivity contribution in [3.63, 3.8) is 0 Å². The minimum atomic E-state index is -1.41. The zero-order valence-corrected chi connectivity index (χ0v) is 35.8. The normalized spacial score (nSPS) is 11.8. The highest BCUT2D eigenvalue weighted by molar-refractivity contribution is 7.80. The van der Waals surface area contributed by atoms with Gasteiger partial charge < -0.3 is 83.2 Å². The Bertz CT molecular complexity index is 980. The van der Waals surface area contributed by atoms with E-state index in [9.17, 15) is 24.3 Å². The van der Waals surface area contributed by atoms with Gasteiger partial charge >= 0.3 is 5.97 Å². The van der Waals surface area contributed by atoms with Crippen LogP contribution in [-0.4, -0.2) is 226 Å². The van der Waals surface area contributed by atoms with Crippen molar-refractivity contribution in [3.8, 4) is 0 Å². The van der Waals surface area contributed by atoms with E-state index in [1.54, 1.807) is 0 Å². The van der Waals surface area contributed by atoms with Crippen LogP contribution in [-0.2, 0) is 76.0 Å². The average Bonchev–Trinajstić information content (AvgIpc) is 3.22. The fourth-order valence-electron chi connectivity index (χ4n) is 4.16. The number of carbonyl (C=O) groups is 4. The Balaban J connectivity index is 3.28. The number of thiol groups is 1. The maximum Gasteiger partial charge on any atom is 0.317 e. The second-order valence-electron chi connectivity index (χ2n) is 12.0. The summed E-state index contributed by atoms with van der Waals surface area (Å²) < 4.78 is 65.3. The van der Waals surface area contributed by atoms with Crippen molar-refractivity contribution in [2.45, 2.75) is 12.8 Å². The fraction of sp³-hybridized carbons (Fsp3) is 0.892. The Hall–Kier alpha value is -2.29. The number of hydrogen-bond donors (Lipinski definition) is 6. The molecular formula is C37H72N4O17S. The highest BCUT2D eigenvalue weighted by atomic mass is 32.1. The van der Waals surface area contributed by atoms with Gasteiger partial charge in [-0.2, -0.15) is 12.6 Å². The molecule has 59 heavy (non-hydrogen) atoms. The predicted molar refractivity (Wildman–Crippen MR) is 217 cm³/mol. The van der Waals surface area contributed by atoms with Crippen LogP contribution in [0.1, 0.15) is 12.8 Å². The minimum Gasteiger partial charge on any atom is -0.481 e. The van der Waals surface area contributed by atoms with E-state index in [1.165, 1.54) is 0 Å². The van der Waals surface area contributed by atoms with E-state index in [1.807, 2.05) is 7.05 Å². The van der Waals surface area contributed by atoms with Crippen LogP contribution in [0.2, 0.25) is 0 Å². The van der Waals surface area contributed by atoms with Gasteiger partial charge in [-0.05, 0) is 7.05 Å². The lowest BCUT2D eigenvalue weighted by atomic mass is 10.1. The molecule has 0 rings (SSSR count).